The molecule has 1 atom stereocenters. The summed E-state index contributed by atoms with van der Waals surface area (Å²) in [5.74, 6) is 0.307. The smallest absolute Gasteiger partial charge is 0.319 e. The molecule has 1 aliphatic heterocycles. The highest BCUT2D eigenvalue weighted by Gasteiger charge is 2.31. The van der Waals surface area contributed by atoms with E-state index in [1.54, 1.807) is 19.1 Å². The zero-order chi connectivity index (χ0) is 18.5. The second kappa shape index (κ2) is 7.74. The summed E-state index contributed by atoms with van der Waals surface area (Å²) in [6.07, 6.45) is 0. The number of ether oxygens (including phenoxy) is 1. The molecule has 6 heteroatoms. The third-order valence-corrected chi connectivity index (χ3v) is 4.08. The fourth-order valence-corrected chi connectivity index (χ4v) is 2.93. The second-order valence-electron chi connectivity index (χ2n) is 5.86. The van der Waals surface area contributed by atoms with Gasteiger partial charge in [0, 0.05) is 5.70 Å². The summed E-state index contributed by atoms with van der Waals surface area (Å²) in [6, 6.07) is 15.8. The lowest BCUT2D eigenvalue weighted by Gasteiger charge is -2.28. The van der Waals surface area contributed by atoms with E-state index in [0.717, 1.165) is 5.56 Å². The van der Waals surface area contributed by atoms with Crippen molar-refractivity contribution in [3.05, 3.63) is 71.4 Å². The Bertz CT molecular complexity index is 846. The summed E-state index contributed by atoms with van der Waals surface area (Å²) in [5.41, 5.74) is 2.41. The molecule has 0 aliphatic carbocycles. The fraction of sp³-hybridized carbons (Fsp3) is 0.200. The Labute approximate surface area is 152 Å². The lowest BCUT2D eigenvalue weighted by Crippen LogP contribution is -2.45. The molecule has 0 spiro atoms. The highest BCUT2D eigenvalue weighted by molar-refractivity contribution is 6.07. The summed E-state index contributed by atoms with van der Waals surface area (Å²) in [5, 5.41) is 8.39. The lowest BCUT2D eigenvalue weighted by molar-refractivity contribution is -0.113. The van der Waals surface area contributed by atoms with Gasteiger partial charge >= 0.3 is 6.03 Å². The van der Waals surface area contributed by atoms with Gasteiger partial charge in [0.05, 0.1) is 23.9 Å². The van der Waals surface area contributed by atoms with E-state index in [1.807, 2.05) is 49.4 Å². The van der Waals surface area contributed by atoms with E-state index in [1.165, 1.54) is 0 Å². The predicted molar refractivity (Wildman–Crippen MR) is 99.8 cm³/mol. The first kappa shape index (κ1) is 17.5. The number of hydrogen-bond donors (Lipinski definition) is 3. The molecule has 3 amide bonds. The molecule has 3 rings (SSSR count). The molecule has 0 radical (unpaired) electrons. The van der Waals surface area contributed by atoms with Crippen LogP contribution in [0.3, 0.4) is 0 Å². The van der Waals surface area contributed by atoms with Gasteiger partial charge < -0.3 is 20.7 Å². The number of allylic oxidation sites excluding steroid dienone is 1. The summed E-state index contributed by atoms with van der Waals surface area (Å²) >= 11 is 0. The summed E-state index contributed by atoms with van der Waals surface area (Å²) < 4.78 is 5.56. The largest absolute Gasteiger partial charge is 0.492 e. The zero-order valence-corrected chi connectivity index (χ0v) is 14.7. The Morgan fingerprint density at radius 1 is 1.12 bits per heavy atom. The van der Waals surface area contributed by atoms with Crippen LogP contribution in [0.1, 0.15) is 25.5 Å². The monoisotopic (exact) mass is 351 g/mol. The number of hydrogen-bond acceptors (Lipinski definition) is 3. The van der Waals surface area contributed by atoms with Gasteiger partial charge in [-0.3, -0.25) is 4.79 Å². The Morgan fingerprint density at radius 3 is 2.54 bits per heavy atom. The lowest BCUT2D eigenvalue weighted by atomic mass is 9.95. The zero-order valence-electron chi connectivity index (χ0n) is 14.7. The van der Waals surface area contributed by atoms with Crippen molar-refractivity contribution in [3.63, 3.8) is 0 Å². The molecule has 3 N–H and O–H groups in total. The molecule has 26 heavy (non-hydrogen) atoms. The normalized spacial score (nSPS) is 16.5. The molecule has 134 valence electrons. The molecule has 0 fully saturated rings. The predicted octanol–water partition coefficient (Wildman–Crippen LogP) is 3.35. The molecule has 2 aromatic carbocycles. The van der Waals surface area contributed by atoms with Crippen molar-refractivity contribution in [2.45, 2.75) is 19.9 Å². The minimum Gasteiger partial charge on any atom is -0.492 e. The van der Waals surface area contributed by atoms with E-state index >= 15 is 0 Å². The minimum absolute atomic E-state index is 0.295. The molecule has 2 aromatic rings. The average molecular weight is 351 g/mol. The number of benzene rings is 2. The quantitative estimate of drug-likeness (QED) is 0.773. The van der Waals surface area contributed by atoms with Crippen LogP contribution in [0.15, 0.2) is 65.9 Å². The van der Waals surface area contributed by atoms with Crippen LogP contribution in [0, 0.1) is 0 Å². The van der Waals surface area contributed by atoms with Crippen molar-refractivity contribution in [2.75, 3.05) is 11.9 Å². The first-order valence-corrected chi connectivity index (χ1v) is 8.46. The van der Waals surface area contributed by atoms with Crippen LogP contribution >= 0.6 is 0 Å². The van der Waals surface area contributed by atoms with E-state index in [9.17, 15) is 9.59 Å². The van der Waals surface area contributed by atoms with Crippen molar-refractivity contribution in [2.24, 2.45) is 0 Å². The Kier molecular flexibility index (Phi) is 5.22. The molecular formula is C20H21N3O3. The molecule has 1 aliphatic rings. The molecule has 0 aromatic heterocycles. The summed E-state index contributed by atoms with van der Waals surface area (Å²) in [6.45, 7) is 4.11. The third kappa shape index (κ3) is 3.69. The van der Waals surface area contributed by atoms with Crippen molar-refractivity contribution in [3.8, 4) is 5.75 Å². The number of para-hydroxylation sites is 2. The number of amides is 3. The van der Waals surface area contributed by atoms with Gasteiger partial charge in [-0.05, 0) is 31.5 Å². The minimum atomic E-state index is -0.524. The molecule has 0 bridgehead atoms. The summed E-state index contributed by atoms with van der Waals surface area (Å²) in [4.78, 5) is 24.9. The van der Waals surface area contributed by atoms with E-state index in [-0.39, 0.29) is 11.9 Å². The Hall–Kier alpha value is -3.28. The van der Waals surface area contributed by atoms with Crippen LogP contribution in [0.5, 0.6) is 5.75 Å². The highest BCUT2D eigenvalue weighted by Crippen LogP contribution is 2.29. The van der Waals surface area contributed by atoms with Gasteiger partial charge in [-0.1, -0.05) is 42.5 Å². The number of nitrogens with one attached hydrogen (secondary N) is 3. The summed E-state index contributed by atoms with van der Waals surface area (Å²) in [7, 11) is 0. The van der Waals surface area contributed by atoms with Gasteiger partial charge in [-0.15, -0.1) is 0 Å². The maximum atomic E-state index is 13.0. The third-order valence-electron chi connectivity index (χ3n) is 4.08. The first-order chi connectivity index (χ1) is 12.6. The fourth-order valence-electron chi connectivity index (χ4n) is 2.93. The Morgan fingerprint density at radius 2 is 1.81 bits per heavy atom. The van der Waals surface area contributed by atoms with Gasteiger partial charge in [0.15, 0.2) is 0 Å². The van der Waals surface area contributed by atoms with Gasteiger partial charge in [-0.2, -0.15) is 0 Å². The molecule has 6 nitrogen and oxygen atoms in total. The number of anilines is 1. The number of rotatable bonds is 5. The van der Waals surface area contributed by atoms with Crippen LogP contribution in [0.25, 0.3) is 0 Å². The van der Waals surface area contributed by atoms with Gasteiger partial charge in [0.25, 0.3) is 5.91 Å². The Balaban J connectivity index is 1.93. The first-order valence-electron chi connectivity index (χ1n) is 8.46. The van der Waals surface area contributed by atoms with E-state index in [4.69, 9.17) is 4.74 Å². The maximum absolute atomic E-state index is 13.0. The maximum Gasteiger partial charge on any atom is 0.319 e. The molecule has 0 saturated heterocycles. The topological polar surface area (TPSA) is 79.5 Å². The standard InChI is InChI=1S/C20H21N3O3/c1-3-26-16-12-8-7-11-15(16)22-19(24)17-13(2)21-20(25)23-18(17)14-9-5-4-6-10-14/h4-12,18H,3H2,1-2H3,(H,22,24)(H2,21,23,25). The van der Waals surface area contributed by atoms with Crippen LogP contribution in [-0.4, -0.2) is 18.5 Å². The average Bonchev–Trinajstić information content (AvgIpc) is 2.63. The van der Waals surface area contributed by atoms with Crippen molar-refractivity contribution in [1.29, 1.82) is 0 Å². The van der Waals surface area contributed by atoms with Crippen LogP contribution < -0.4 is 20.7 Å². The van der Waals surface area contributed by atoms with Gasteiger partial charge in [0.2, 0.25) is 0 Å². The number of carbonyl (C=O) groups is 2. The number of carbonyl (C=O) groups excluding carboxylic acids is 2. The molecule has 1 heterocycles. The molecule has 1 unspecified atom stereocenters. The van der Waals surface area contributed by atoms with E-state index < -0.39 is 6.04 Å². The van der Waals surface area contributed by atoms with Gasteiger partial charge in [0.1, 0.15) is 5.75 Å². The molecular weight excluding hydrogens is 330 g/mol. The second-order valence-corrected chi connectivity index (χ2v) is 5.86. The molecule has 0 saturated carbocycles. The van der Waals surface area contributed by atoms with E-state index in [0.29, 0.717) is 29.3 Å². The van der Waals surface area contributed by atoms with Crippen molar-refractivity contribution >= 4 is 17.6 Å². The van der Waals surface area contributed by atoms with Crippen molar-refractivity contribution in [1.82, 2.24) is 10.6 Å². The van der Waals surface area contributed by atoms with Crippen LogP contribution in [-0.2, 0) is 4.79 Å². The van der Waals surface area contributed by atoms with E-state index in [2.05, 4.69) is 16.0 Å². The van der Waals surface area contributed by atoms with Crippen LogP contribution in [0.2, 0.25) is 0 Å². The highest BCUT2D eigenvalue weighted by atomic mass is 16.5. The van der Waals surface area contributed by atoms with Crippen molar-refractivity contribution < 1.29 is 14.3 Å². The van der Waals surface area contributed by atoms with Gasteiger partial charge in [-0.25, -0.2) is 4.79 Å². The SMILES string of the molecule is CCOc1ccccc1NC(=O)C1=C(C)NC(=O)NC1c1ccccc1. The van der Waals surface area contributed by atoms with Crippen LogP contribution in [0.4, 0.5) is 10.5 Å². The number of urea groups is 1.